The van der Waals surface area contributed by atoms with Crippen molar-refractivity contribution in [3.8, 4) is 0 Å². The molecule has 2 rings (SSSR count). The summed E-state index contributed by atoms with van der Waals surface area (Å²) in [6, 6.07) is 0. The van der Waals surface area contributed by atoms with Crippen molar-refractivity contribution in [3.63, 3.8) is 0 Å². The standard InChI is InChI=1S/C13H22O2/c1-12(2)5-3-10(4-6-12)13(7-8-13)9-11(14)15/h10H,3-9H2,1-2H3,(H,14,15). The summed E-state index contributed by atoms with van der Waals surface area (Å²) >= 11 is 0. The van der Waals surface area contributed by atoms with Crippen LogP contribution in [0, 0.1) is 16.7 Å². The monoisotopic (exact) mass is 210 g/mol. The van der Waals surface area contributed by atoms with E-state index < -0.39 is 5.97 Å². The van der Waals surface area contributed by atoms with Crippen molar-refractivity contribution in [1.82, 2.24) is 0 Å². The van der Waals surface area contributed by atoms with Crippen LogP contribution in [0.15, 0.2) is 0 Å². The summed E-state index contributed by atoms with van der Waals surface area (Å²) in [5.74, 6) is 0.0963. The van der Waals surface area contributed by atoms with Crippen molar-refractivity contribution in [2.45, 2.75) is 58.8 Å². The largest absolute Gasteiger partial charge is 0.481 e. The van der Waals surface area contributed by atoms with Crippen LogP contribution in [0.1, 0.15) is 58.8 Å². The second-order valence-corrected chi connectivity index (χ2v) is 6.37. The molecule has 2 fully saturated rings. The van der Waals surface area contributed by atoms with E-state index in [1.807, 2.05) is 0 Å². The van der Waals surface area contributed by atoms with Gasteiger partial charge in [-0.05, 0) is 55.3 Å². The number of hydrogen-bond donors (Lipinski definition) is 1. The lowest BCUT2D eigenvalue weighted by Gasteiger charge is -2.38. The van der Waals surface area contributed by atoms with Crippen molar-refractivity contribution in [2.75, 3.05) is 0 Å². The Morgan fingerprint density at radius 3 is 2.13 bits per heavy atom. The number of carboxylic acids is 1. The van der Waals surface area contributed by atoms with Crippen LogP contribution in [0.3, 0.4) is 0 Å². The Kier molecular flexibility index (Phi) is 2.56. The molecule has 0 spiro atoms. The van der Waals surface area contributed by atoms with Gasteiger partial charge >= 0.3 is 5.97 Å². The second-order valence-electron chi connectivity index (χ2n) is 6.37. The average molecular weight is 210 g/mol. The van der Waals surface area contributed by atoms with Gasteiger partial charge in [0.2, 0.25) is 0 Å². The molecule has 2 saturated carbocycles. The van der Waals surface area contributed by atoms with Crippen molar-refractivity contribution < 1.29 is 9.90 Å². The van der Waals surface area contributed by atoms with Gasteiger partial charge in [0.25, 0.3) is 0 Å². The van der Waals surface area contributed by atoms with Crippen molar-refractivity contribution in [2.24, 2.45) is 16.7 Å². The highest BCUT2D eigenvalue weighted by molar-refractivity contribution is 5.68. The molecule has 86 valence electrons. The molecule has 15 heavy (non-hydrogen) atoms. The van der Waals surface area contributed by atoms with Crippen LogP contribution in [0.4, 0.5) is 0 Å². The number of carboxylic acid groups (broad SMARTS) is 1. The van der Waals surface area contributed by atoms with E-state index in [2.05, 4.69) is 13.8 Å². The molecule has 2 aliphatic carbocycles. The van der Waals surface area contributed by atoms with Gasteiger partial charge in [-0.15, -0.1) is 0 Å². The van der Waals surface area contributed by atoms with E-state index in [1.165, 1.54) is 25.7 Å². The van der Waals surface area contributed by atoms with Gasteiger partial charge in [-0.2, -0.15) is 0 Å². The van der Waals surface area contributed by atoms with Gasteiger partial charge < -0.3 is 5.11 Å². The van der Waals surface area contributed by atoms with E-state index in [9.17, 15) is 4.79 Å². The van der Waals surface area contributed by atoms with Crippen LogP contribution < -0.4 is 0 Å². The Balaban J connectivity index is 1.93. The van der Waals surface area contributed by atoms with Crippen LogP contribution in [0.2, 0.25) is 0 Å². The van der Waals surface area contributed by atoms with Gasteiger partial charge in [-0.1, -0.05) is 13.8 Å². The number of carbonyl (C=O) groups is 1. The van der Waals surface area contributed by atoms with Crippen LogP contribution in [-0.4, -0.2) is 11.1 Å². The minimum atomic E-state index is -0.600. The zero-order valence-electron chi connectivity index (χ0n) is 9.88. The molecule has 0 unspecified atom stereocenters. The zero-order valence-corrected chi connectivity index (χ0v) is 9.88. The maximum Gasteiger partial charge on any atom is 0.303 e. The van der Waals surface area contributed by atoms with E-state index in [4.69, 9.17) is 5.11 Å². The van der Waals surface area contributed by atoms with E-state index in [-0.39, 0.29) is 5.41 Å². The molecule has 0 aromatic rings. The molecule has 0 aromatic heterocycles. The van der Waals surface area contributed by atoms with Gasteiger partial charge in [-0.3, -0.25) is 4.79 Å². The highest BCUT2D eigenvalue weighted by Gasteiger charge is 2.51. The van der Waals surface area contributed by atoms with Gasteiger partial charge in [-0.25, -0.2) is 0 Å². The molecular formula is C13H22O2. The minimum absolute atomic E-state index is 0.211. The maximum atomic E-state index is 10.8. The minimum Gasteiger partial charge on any atom is -0.481 e. The normalized spacial score (nSPS) is 28.7. The predicted molar refractivity (Wildman–Crippen MR) is 59.7 cm³/mol. The molecular weight excluding hydrogens is 188 g/mol. The lowest BCUT2D eigenvalue weighted by molar-refractivity contribution is -0.139. The van der Waals surface area contributed by atoms with E-state index >= 15 is 0 Å². The molecule has 2 heteroatoms. The van der Waals surface area contributed by atoms with Gasteiger partial charge in [0.15, 0.2) is 0 Å². The van der Waals surface area contributed by atoms with Crippen LogP contribution in [0.25, 0.3) is 0 Å². The molecule has 0 atom stereocenters. The quantitative estimate of drug-likeness (QED) is 0.774. The summed E-state index contributed by atoms with van der Waals surface area (Å²) in [5.41, 5.74) is 0.706. The van der Waals surface area contributed by atoms with Crippen LogP contribution in [0.5, 0.6) is 0 Å². The average Bonchev–Trinajstić information content (AvgIpc) is 2.84. The first kappa shape index (κ1) is 11.0. The third-order valence-corrected chi connectivity index (χ3v) is 4.60. The summed E-state index contributed by atoms with van der Waals surface area (Å²) in [5, 5.41) is 8.92. The Bertz CT molecular complexity index is 254. The summed E-state index contributed by atoms with van der Waals surface area (Å²) < 4.78 is 0. The molecule has 0 bridgehead atoms. The van der Waals surface area contributed by atoms with Crippen molar-refractivity contribution >= 4 is 5.97 Å². The third kappa shape index (κ3) is 2.35. The summed E-state index contributed by atoms with van der Waals surface area (Å²) in [7, 11) is 0. The first-order chi connectivity index (χ1) is 6.94. The van der Waals surface area contributed by atoms with Crippen LogP contribution >= 0.6 is 0 Å². The molecule has 2 aliphatic rings. The van der Waals surface area contributed by atoms with E-state index in [1.54, 1.807) is 0 Å². The fourth-order valence-corrected chi connectivity index (χ4v) is 3.20. The Morgan fingerprint density at radius 1 is 1.20 bits per heavy atom. The molecule has 2 nitrogen and oxygen atoms in total. The lowest BCUT2D eigenvalue weighted by Crippen LogP contribution is -2.28. The second kappa shape index (κ2) is 3.50. The van der Waals surface area contributed by atoms with Gasteiger partial charge in [0.1, 0.15) is 0 Å². The summed E-state index contributed by atoms with van der Waals surface area (Å²) in [6.45, 7) is 4.67. The van der Waals surface area contributed by atoms with Crippen molar-refractivity contribution in [1.29, 1.82) is 0 Å². The number of aliphatic carboxylic acids is 1. The molecule has 0 saturated heterocycles. The molecule has 0 heterocycles. The summed E-state index contributed by atoms with van der Waals surface area (Å²) in [6.07, 6.45) is 7.78. The molecule has 0 aromatic carbocycles. The number of rotatable bonds is 3. The van der Waals surface area contributed by atoms with Gasteiger partial charge in [0, 0.05) is 0 Å². The SMILES string of the molecule is CC1(C)CCC(C2(CC(=O)O)CC2)CC1. The molecule has 0 radical (unpaired) electrons. The Morgan fingerprint density at radius 2 is 1.73 bits per heavy atom. The predicted octanol–water partition coefficient (Wildman–Crippen LogP) is 3.46. The third-order valence-electron chi connectivity index (χ3n) is 4.60. The highest BCUT2D eigenvalue weighted by atomic mass is 16.4. The maximum absolute atomic E-state index is 10.8. The zero-order chi connectivity index (χ0) is 11.1. The molecule has 1 N–H and O–H groups in total. The smallest absolute Gasteiger partial charge is 0.303 e. The fourth-order valence-electron chi connectivity index (χ4n) is 3.20. The first-order valence-electron chi connectivity index (χ1n) is 6.15. The topological polar surface area (TPSA) is 37.3 Å². The highest BCUT2D eigenvalue weighted by Crippen LogP contribution is 2.60. The summed E-state index contributed by atoms with van der Waals surface area (Å²) in [4.78, 5) is 10.8. The van der Waals surface area contributed by atoms with E-state index in [0.29, 0.717) is 17.8 Å². The van der Waals surface area contributed by atoms with E-state index in [0.717, 1.165) is 12.8 Å². The van der Waals surface area contributed by atoms with Crippen LogP contribution in [-0.2, 0) is 4.79 Å². The Labute approximate surface area is 92.1 Å². The first-order valence-corrected chi connectivity index (χ1v) is 6.15. The molecule has 0 aliphatic heterocycles. The fraction of sp³-hybridized carbons (Fsp3) is 0.923. The van der Waals surface area contributed by atoms with Gasteiger partial charge in [0.05, 0.1) is 6.42 Å². The van der Waals surface area contributed by atoms with Crippen molar-refractivity contribution in [3.05, 3.63) is 0 Å². The lowest BCUT2D eigenvalue weighted by atomic mass is 9.67. The number of hydrogen-bond acceptors (Lipinski definition) is 1. The Hall–Kier alpha value is -0.530. The molecule has 0 amide bonds.